The molecule has 0 aliphatic heterocycles. The van der Waals surface area contributed by atoms with Crippen molar-refractivity contribution in [3.05, 3.63) is 69.5 Å². The fourth-order valence-electron chi connectivity index (χ4n) is 2.29. The first-order valence-corrected chi connectivity index (χ1v) is 7.73. The lowest BCUT2D eigenvalue weighted by Gasteiger charge is -2.11. The molecule has 0 bridgehead atoms. The highest BCUT2D eigenvalue weighted by molar-refractivity contribution is 6.31. The molecule has 0 fully saturated rings. The normalized spacial score (nSPS) is 10.6. The predicted molar refractivity (Wildman–Crippen MR) is 93.1 cm³/mol. The second kappa shape index (κ2) is 6.76. The van der Waals surface area contributed by atoms with Gasteiger partial charge in [-0.2, -0.15) is 0 Å². The number of carbonyl (C=O) groups is 1. The van der Waals surface area contributed by atoms with Gasteiger partial charge in [-0.1, -0.05) is 23.7 Å². The number of amides is 1. The molecular formula is C18H14ClNO4. The molecule has 6 heteroatoms. The Bertz CT molecular complexity index is 965. The minimum Gasteiger partial charge on any atom is -0.492 e. The van der Waals surface area contributed by atoms with Gasteiger partial charge in [0.25, 0.3) is 5.91 Å². The van der Waals surface area contributed by atoms with E-state index in [9.17, 15) is 9.59 Å². The van der Waals surface area contributed by atoms with Gasteiger partial charge >= 0.3 is 5.63 Å². The number of benzene rings is 2. The van der Waals surface area contributed by atoms with E-state index in [1.165, 1.54) is 6.07 Å². The van der Waals surface area contributed by atoms with Crippen LogP contribution in [0.15, 0.2) is 57.7 Å². The molecule has 1 N–H and O–H groups in total. The van der Waals surface area contributed by atoms with E-state index in [4.69, 9.17) is 20.8 Å². The zero-order chi connectivity index (χ0) is 17.1. The Morgan fingerprint density at radius 2 is 2.00 bits per heavy atom. The van der Waals surface area contributed by atoms with Gasteiger partial charge in [0, 0.05) is 10.4 Å². The molecule has 0 saturated carbocycles. The molecule has 1 amide bonds. The third-order valence-electron chi connectivity index (χ3n) is 3.37. The summed E-state index contributed by atoms with van der Waals surface area (Å²) < 4.78 is 10.6. The zero-order valence-electron chi connectivity index (χ0n) is 12.8. The average Bonchev–Trinajstić information content (AvgIpc) is 2.56. The number of rotatable bonds is 4. The van der Waals surface area contributed by atoms with E-state index < -0.39 is 11.5 Å². The Hall–Kier alpha value is -2.79. The van der Waals surface area contributed by atoms with E-state index in [0.717, 1.165) is 0 Å². The first-order chi connectivity index (χ1) is 11.6. The fourth-order valence-corrected chi connectivity index (χ4v) is 2.47. The zero-order valence-corrected chi connectivity index (χ0v) is 13.6. The molecule has 1 heterocycles. The van der Waals surface area contributed by atoms with Crippen LogP contribution in [0.3, 0.4) is 0 Å². The van der Waals surface area contributed by atoms with Gasteiger partial charge < -0.3 is 14.5 Å². The van der Waals surface area contributed by atoms with Crippen molar-refractivity contribution in [2.75, 3.05) is 11.9 Å². The van der Waals surface area contributed by atoms with Crippen molar-refractivity contribution in [2.45, 2.75) is 6.92 Å². The maximum absolute atomic E-state index is 12.5. The lowest BCUT2D eigenvalue weighted by Crippen LogP contribution is -2.21. The van der Waals surface area contributed by atoms with Crippen molar-refractivity contribution in [2.24, 2.45) is 0 Å². The highest BCUT2D eigenvalue weighted by Gasteiger charge is 2.15. The van der Waals surface area contributed by atoms with Gasteiger partial charge in [-0.15, -0.1) is 0 Å². The van der Waals surface area contributed by atoms with Crippen LogP contribution in [0.1, 0.15) is 17.3 Å². The Morgan fingerprint density at radius 1 is 1.21 bits per heavy atom. The molecule has 0 unspecified atom stereocenters. The van der Waals surface area contributed by atoms with E-state index in [0.29, 0.717) is 34.0 Å². The van der Waals surface area contributed by atoms with Gasteiger partial charge in [0.15, 0.2) is 0 Å². The number of hydrogen-bond donors (Lipinski definition) is 1. The molecule has 0 aliphatic carbocycles. The van der Waals surface area contributed by atoms with Crippen LogP contribution in [0.5, 0.6) is 5.75 Å². The predicted octanol–water partition coefficient (Wildman–Crippen LogP) is 4.10. The van der Waals surface area contributed by atoms with Crippen molar-refractivity contribution in [1.29, 1.82) is 0 Å². The summed E-state index contributed by atoms with van der Waals surface area (Å²) >= 11 is 5.94. The number of anilines is 1. The molecule has 0 spiro atoms. The van der Waals surface area contributed by atoms with Gasteiger partial charge in [-0.3, -0.25) is 4.79 Å². The maximum Gasteiger partial charge on any atom is 0.349 e. The standard InChI is InChI=1S/C18H14ClNO4/c1-2-23-16-6-4-3-5-14(16)20-17(21)13-10-11-9-12(19)7-8-15(11)24-18(13)22/h3-10H,2H2,1H3,(H,20,21). The Balaban J connectivity index is 1.97. The average molecular weight is 344 g/mol. The van der Waals surface area contributed by atoms with Crippen LogP contribution in [0.2, 0.25) is 5.02 Å². The lowest BCUT2D eigenvalue weighted by molar-refractivity contribution is 0.102. The molecule has 24 heavy (non-hydrogen) atoms. The Kier molecular flexibility index (Phi) is 4.53. The smallest absolute Gasteiger partial charge is 0.349 e. The summed E-state index contributed by atoms with van der Waals surface area (Å²) in [5, 5.41) is 3.74. The van der Waals surface area contributed by atoms with Crippen LogP contribution in [-0.2, 0) is 0 Å². The summed E-state index contributed by atoms with van der Waals surface area (Å²) in [5.41, 5.74) is 0.0397. The minimum atomic E-state index is -0.712. The van der Waals surface area contributed by atoms with Crippen molar-refractivity contribution in [3.8, 4) is 5.75 Å². The molecule has 5 nitrogen and oxygen atoms in total. The molecule has 0 atom stereocenters. The van der Waals surface area contributed by atoms with Gasteiger partial charge in [0.2, 0.25) is 0 Å². The minimum absolute atomic E-state index is 0.101. The molecular weight excluding hydrogens is 330 g/mol. The number of hydrogen-bond acceptors (Lipinski definition) is 4. The third kappa shape index (κ3) is 3.26. The van der Waals surface area contributed by atoms with E-state index in [1.54, 1.807) is 42.5 Å². The molecule has 3 aromatic rings. The number of nitrogens with one attached hydrogen (secondary N) is 1. The van der Waals surface area contributed by atoms with Gasteiger partial charge in [-0.05, 0) is 43.3 Å². The summed E-state index contributed by atoms with van der Waals surface area (Å²) in [6.45, 7) is 2.31. The topological polar surface area (TPSA) is 68.5 Å². The highest BCUT2D eigenvalue weighted by atomic mass is 35.5. The maximum atomic E-state index is 12.5. The second-order valence-electron chi connectivity index (χ2n) is 5.01. The number of para-hydroxylation sites is 2. The van der Waals surface area contributed by atoms with Gasteiger partial charge in [0.05, 0.1) is 12.3 Å². The van der Waals surface area contributed by atoms with Crippen LogP contribution >= 0.6 is 11.6 Å². The van der Waals surface area contributed by atoms with Gasteiger partial charge in [0.1, 0.15) is 16.9 Å². The molecule has 0 radical (unpaired) electrons. The van der Waals surface area contributed by atoms with Gasteiger partial charge in [-0.25, -0.2) is 4.79 Å². The molecule has 1 aromatic heterocycles. The number of carbonyl (C=O) groups excluding carboxylic acids is 1. The summed E-state index contributed by atoms with van der Waals surface area (Å²) in [4.78, 5) is 24.5. The Morgan fingerprint density at radius 3 is 2.79 bits per heavy atom. The summed E-state index contributed by atoms with van der Waals surface area (Å²) in [5.74, 6) is -0.0423. The summed E-state index contributed by atoms with van der Waals surface area (Å²) in [6, 6.07) is 13.3. The largest absolute Gasteiger partial charge is 0.492 e. The SMILES string of the molecule is CCOc1ccccc1NC(=O)c1cc2cc(Cl)ccc2oc1=O. The number of halogens is 1. The van der Waals surface area contributed by atoms with Crippen LogP contribution in [0, 0.1) is 0 Å². The molecule has 0 aliphatic rings. The van der Waals surface area contributed by atoms with E-state index in [1.807, 2.05) is 6.92 Å². The summed E-state index contributed by atoms with van der Waals surface area (Å²) in [7, 11) is 0. The highest BCUT2D eigenvalue weighted by Crippen LogP contribution is 2.24. The molecule has 122 valence electrons. The van der Waals surface area contributed by atoms with Crippen molar-refractivity contribution < 1.29 is 13.9 Å². The summed E-state index contributed by atoms with van der Waals surface area (Å²) in [6.07, 6.45) is 0. The number of ether oxygens (including phenoxy) is 1. The van der Waals surface area contributed by atoms with E-state index in [2.05, 4.69) is 5.32 Å². The monoisotopic (exact) mass is 343 g/mol. The number of fused-ring (bicyclic) bond motifs is 1. The van der Waals surface area contributed by atoms with Crippen LogP contribution in [0.25, 0.3) is 11.0 Å². The second-order valence-corrected chi connectivity index (χ2v) is 5.45. The van der Waals surface area contributed by atoms with Crippen LogP contribution in [0.4, 0.5) is 5.69 Å². The van der Waals surface area contributed by atoms with E-state index >= 15 is 0 Å². The third-order valence-corrected chi connectivity index (χ3v) is 3.61. The Labute approximate surface area is 142 Å². The quantitative estimate of drug-likeness (QED) is 0.724. The molecule has 3 rings (SSSR count). The van der Waals surface area contributed by atoms with Crippen molar-refractivity contribution in [3.63, 3.8) is 0 Å². The van der Waals surface area contributed by atoms with Crippen LogP contribution in [-0.4, -0.2) is 12.5 Å². The first kappa shape index (κ1) is 16.1. The van der Waals surface area contributed by atoms with Crippen molar-refractivity contribution in [1.82, 2.24) is 0 Å². The lowest BCUT2D eigenvalue weighted by atomic mass is 10.1. The molecule has 0 saturated heterocycles. The first-order valence-electron chi connectivity index (χ1n) is 7.35. The van der Waals surface area contributed by atoms with Crippen LogP contribution < -0.4 is 15.7 Å². The van der Waals surface area contributed by atoms with E-state index in [-0.39, 0.29) is 5.56 Å². The fraction of sp³-hybridized carbons (Fsp3) is 0.111. The van der Waals surface area contributed by atoms with Crippen molar-refractivity contribution >= 4 is 34.2 Å². The molecule has 2 aromatic carbocycles.